The quantitative estimate of drug-likeness (QED) is 0.836. The summed E-state index contributed by atoms with van der Waals surface area (Å²) in [5.74, 6) is 5.51. The Morgan fingerprint density at radius 3 is 2.89 bits per heavy atom. The highest BCUT2D eigenvalue weighted by atomic mass is 35.5. The summed E-state index contributed by atoms with van der Waals surface area (Å²) < 4.78 is 0.590. The summed E-state index contributed by atoms with van der Waals surface area (Å²) in [7, 11) is 0. The van der Waals surface area contributed by atoms with E-state index in [0.717, 1.165) is 5.56 Å². The minimum Gasteiger partial charge on any atom is -0.321 e. The second kappa shape index (κ2) is 6.39. The standard InChI is InChI=1S/C14H11ClN2OS/c15-13-7-6-12(19-13)14(18)17-11-5-1-3-10(9-11)4-2-8-16/h1,3,5-7,9H,8,16H2,(H,17,18). The van der Waals surface area contributed by atoms with Gasteiger partial charge < -0.3 is 11.1 Å². The van der Waals surface area contributed by atoms with Crippen LogP contribution in [0.1, 0.15) is 15.2 Å². The molecule has 19 heavy (non-hydrogen) atoms. The fraction of sp³-hybridized carbons (Fsp3) is 0.0714. The van der Waals surface area contributed by atoms with Gasteiger partial charge in [-0.15, -0.1) is 11.3 Å². The number of carbonyl (C=O) groups is 1. The number of rotatable bonds is 2. The van der Waals surface area contributed by atoms with E-state index in [1.165, 1.54) is 11.3 Å². The minimum atomic E-state index is -0.180. The van der Waals surface area contributed by atoms with Crippen molar-refractivity contribution in [1.29, 1.82) is 0 Å². The third-order valence-corrected chi connectivity index (χ3v) is 3.48. The van der Waals surface area contributed by atoms with Crippen molar-refractivity contribution in [3.05, 3.63) is 51.2 Å². The van der Waals surface area contributed by atoms with E-state index in [1.807, 2.05) is 12.1 Å². The van der Waals surface area contributed by atoms with Crippen LogP contribution in [0.5, 0.6) is 0 Å². The van der Waals surface area contributed by atoms with Crippen LogP contribution in [0, 0.1) is 11.8 Å². The number of benzene rings is 1. The third-order valence-electron chi connectivity index (χ3n) is 2.25. The molecule has 3 nitrogen and oxygen atoms in total. The Labute approximate surface area is 120 Å². The van der Waals surface area contributed by atoms with E-state index < -0.39 is 0 Å². The van der Waals surface area contributed by atoms with Gasteiger partial charge in [0.25, 0.3) is 5.91 Å². The summed E-state index contributed by atoms with van der Waals surface area (Å²) >= 11 is 7.04. The van der Waals surface area contributed by atoms with Crippen LogP contribution in [-0.2, 0) is 0 Å². The lowest BCUT2D eigenvalue weighted by molar-refractivity contribution is 0.103. The van der Waals surface area contributed by atoms with Crippen molar-refractivity contribution in [2.75, 3.05) is 11.9 Å². The maximum Gasteiger partial charge on any atom is 0.265 e. The molecule has 0 spiro atoms. The molecule has 0 bridgehead atoms. The van der Waals surface area contributed by atoms with E-state index in [9.17, 15) is 4.79 Å². The Bertz CT molecular complexity index is 655. The summed E-state index contributed by atoms with van der Waals surface area (Å²) in [5, 5.41) is 2.80. The zero-order valence-corrected chi connectivity index (χ0v) is 11.5. The molecule has 2 rings (SSSR count). The highest BCUT2D eigenvalue weighted by Gasteiger charge is 2.08. The maximum atomic E-state index is 11.9. The fourth-order valence-corrected chi connectivity index (χ4v) is 2.40. The molecule has 0 fully saturated rings. The van der Waals surface area contributed by atoms with Gasteiger partial charge in [0.1, 0.15) is 0 Å². The Morgan fingerprint density at radius 1 is 1.37 bits per heavy atom. The zero-order valence-electron chi connectivity index (χ0n) is 9.94. The van der Waals surface area contributed by atoms with Gasteiger partial charge in [-0.05, 0) is 30.3 Å². The average molecular weight is 291 g/mol. The van der Waals surface area contributed by atoms with E-state index in [-0.39, 0.29) is 5.91 Å². The number of anilines is 1. The Kier molecular flexibility index (Phi) is 4.58. The first-order valence-electron chi connectivity index (χ1n) is 5.55. The topological polar surface area (TPSA) is 55.1 Å². The molecule has 3 N–H and O–H groups in total. The van der Waals surface area contributed by atoms with Crippen LogP contribution in [-0.4, -0.2) is 12.5 Å². The van der Waals surface area contributed by atoms with Crippen LogP contribution in [0.3, 0.4) is 0 Å². The van der Waals surface area contributed by atoms with Gasteiger partial charge in [0.05, 0.1) is 15.8 Å². The van der Waals surface area contributed by atoms with Gasteiger partial charge in [0, 0.05) is 11.3 Å². The number of amides is 1. The molecule has 1 heterocycles. The molecule has 5 heteroatoms. The fourth-order valence-electron chi connectivity index (χ4n) is 1.46. The van der Waals surface area contributed by atoms with Crippen molar-refractivity contribution < 1.29 is 4.79 Å². The Morgan fingerprint density at radius 2 is 2.21 bits per heavy atom. The summed E-state index contributed by atoms with van der Waals surface area (Å²) in [5.41, 5.74) is 6.82. The smallest absolute Gasteiger partial charge is 0.265 e. The largest absolute Gasteiger partial charge is 0.321 e. The third kappa shape index (κ3) is 3.83. The van der Waals surface area contributed by atoms with Gasteiger partial charge in [-0.3, -0.25) is 4.79 Å². The van der Waals surface area contributed by atoms with Gasteiger partial charge in [-0.2, -0.15) is 0 Å². The van der Waals surface area contributed by atoms with Crippen molar-refractivity contribution in [1.82, 2.24) is 0 Å². The van der Waals surface area contributed by atoms with Crippen LogP contribution < -0.4 is 11.1 Å². The molecule has 0 unspecified atom stereocenters. The molecule has 0 aliphatic carbocycles. The van der Waals surface area contributed by atoms with Crippen molar-refractivity contribution in [3.8, 4) is 11.8 Å². The molecule has 2 aromatic rings. The molecule has 1 aromatic carbocycles. The number of nitrogens with one attached hydrogen (secondary N) is 1. The monoisotopic (exact) mass is 290 g/mol. The molecule has 0 radical (unpaired) electrons. The Hall–Kier alpha value is -1.80. The number of hydrogen-bond acceptors (Lipinski definition) is 3. The predicted molar refractivity (Wildman–Crippen MR) is 79.7 cm³/mol. The second-order valence-electron chi connectivity index (χ2n) is 3.64. The average Bonchev–Trinajstić information content (AvgIpc) is 2.83. The van der Waals surface area contributed by atoms with E-state index in [1.54, 1.807) is 24.3 Å². The van der Waals surface area contributed by atoms with E-state index in [2.05, 4.69) is 17.2 Å². The maximum absolute atomic E-state index is 11.9. The molecule has 0 saturated heterocycles. The molecule has 1 aromatic heterocycles. The van der Waals surface area contributed by atoms with Crippen molar-refractivity contribution >= 4 is 34.5 Å². The van der Waals surface area contributed by atoms with E-state index in [0.29, 0.717) is 21.4 Å². The number of carbonyl (C=O) groups excluding carboxylic acids is 1. The van der Waals surface area contributed by atoms with Crippen LogP contribution in [0.15, 0.2) is 36.4 Å². The number of halogens is 1. The van der Waals surface area contributed by atoms with Crippen LogP contribution in [0.2, 0.25) is 4.34 Å². The Balaban J connectivity index is 2.13. The summed E-state index contributed by atoms with van der Waals surface area (Å²) in [6.07, 6.45) is 0. The van der Waals surface area contributed by atoms with Crippen molar-refractivity contribution in [2.24, 2.45) is 5.73 Å². The minimum absolute atomic E-state index is 0.180. The first kappa shape index (κ1) is 13.6. The van der Waals surface area contributed by atoms with Crippen molar-refractivity contribution in [3.63, 3.8) is 0 Å². The van der Waals surface area contributed by atoms with Gasteiger partial charge in [0.2, 0.25) is 0 Å². The number of thiophene rings is 1. The molecular weight excluding hydrogens is 280 g/mol. The van der Waals surface area contributed by atoms with Gasteiger partial charge >= 0.3 is 0 Å². The summed E-state index contributed by atoms with van der Waals surface area (Å²) in [4.78, 5) is 12.5. The highest BCUT2D eigenvalue weighted by molar-refractivity contribution is 7.18. The molecule has 0 aliphatic heterocycles. The first-order chi connectivity index (χ1) is 9.19. The predicted octanol–water partition coefficient (Wildman–Crippen LogP) is 2.96. The number of hydrogen-bond donors (Lipinski definition) is 2. The lowest BCUT2D eigenvalue weighted by Gasteiger charge is -2.03. The first-order valence-corrected chi connectivity index (χ1v) is 6.74. The van der Waals surface area contributed by atoms with Gasteiger partial charge in [-0.25, -0.2) is 0 Å². The zero-order chi connectivity index (χ0) is 13.7. The van der Waals surface area contributed by atoms with E-state index in [4.69, 9.17) is 17.3 Å². The lowest BCUT2D eigenvalue weighted by atomic mass is 10.2. The lowest BCUT2D eigenvalue weighted by Crippen LogP contribution is -2.09. The summed E-state index contributed by atoms with van der Waals surface area (Å²) in [6.45, 7) is 0.310. The SMILES string of the molecule is NCC#Cc1cccc(NC(=O)c2ccc(Cl)s2)c1. The molecule has 0 atom stereocenters. The molecule has 0 saturated carbocycles. The van der Waals surface area contributed by atoms with E-state index >= 15 is 0 Å². The summed E-state index contributed by atoms with van der Waals surface area (Å²) in [6, 6.07) is 10.7. The molecule has 96 valence electrons. The second-order valence-corrected chi connectivity index (χ2v) is 5.36. The van der Waals surface area contributed by atoms with Crippen LogP contribution >= 0.6 is 22.9 Å². The van der Waals surface area contributed by atoms with Crippen molar-refractivity contribution in [2.45, 2.75) is 0 Å². The van der Waals surface area contributed by atoms with Crippen LogP contribution in [0.4, 0.5) is 5.69 Å². The van der Waals surface area contributed by atoms with Gasteiger partial charge in [-0.1, -0.05) is 29.5 Å². The number of nitrogens with two attached hydrogens (primary N) is 1. The van der Waals surface area contributed by atoms with Crippen LogP contribution in [0.25, 0.3) is 0 Å². The molecular formula is C14H11ClN2OS. The van der Waals surface area contributed by atoms with Gasteiger partial charge in [0.15, 0.2) is 0 Å². The molecule has 0 aliphatic rings. The normalized spacial score (nSPS) is 9.58. The molecule has 1 amide bonds. The highest BCUT2D eigenvalue weighted by Crippen LogP contribution is 2.22.